The molecule has 0 radical (unpaired) electrons. The van der Waals surface area contributed by atoms with Gasteiger partial charge in [0.15, 0.2) is 5.52 Å². The summed E-state index contributed by atoms with van der Waals surface area (Å²) in [4.78, 5) is 49.6. The van der Waals surface area contributed by atoms with Gasteiger partial charge in [0.2, 0.25) is 5.91 Å². The first kappa shape index (κ1) is 21.2. The van der Waals surface area contributed by atoms with Crippen LogP contribution in [0.5, 0.6) is 0 Å². The minimum Gasteiger partial charge on any atom is -0.308 e. The van der Waals surface area contributed by atoms with Gasteiger partial charge in [0, 0.05) is 30.3 Å². The molecule has 8 heteroatoms. The number of benzene rings is 1. The second-order valence-electron chi connectivity index (χ2n) is 7.69. The molecule has 0 saturated heterocycles. The highest BCUT2D eigenvalue weighted by molar-refractivity contribution is 5.94. The van der Waals surface area contributed by atoms with Crippen molar-refractivity contribution in [3.8, 4) is 0 Å². The third-order valence-electron chi connectivity index (χ3n) is 5.16. The summed E-state index contributed by atoms with van der Waals surface area (Å²) in [5.41, 5.74) is 0.848. The number of para-hydroxylation sites is 1. The summed E-state index contributed by atoms with van der Waals surface area (Å²) in [5.74, 6) is -0.259. The van der Waals surface area contributed by atoms with Crippen molar-refractivity contribution in [1.82, 2.24) is 19.1 Å². The first-order valence-electron chi connectivity index (χ1n) is 10.3. The van der Waals surface area contributed by atoms with Gasteiger partial charge in [0.1, 0.15) is 6.54 Å². The Morgan fingerprint density at radius 1 is 0.969 bits per heavy atom. The van der Waals surface area contributed by atoms with Crippen molar-refractivity contribution in [3.63, 3.8) is 0 Å². The number of aromatic nitrogens is 4. The molecule has 0 saturated carbocycles. The average molecular weight is 429 g/mol. The number of pyridine rings is 2. The highest BCUT2D eigenvalue weighted by Crippen LogP contribution is 2.17. The van der Waals surface area contributed by atoms with Gasteiger partial charge in [0.05, 0.1) is 12.1 Å². The van der Waals surface area contributed by atoms with E-state index in [1.54, 1.807) is 41.6 Å². The van der Waals surface area contributed by atoms with Crippen LogP contribution in [0.2, 0.25) is 0 Å². The molecule has 1 aromatic carbocycles. The van der Waals surface area contributed by atoms with Gasteiger partial charge < -0.3 is 4.90 Å². The van der Waals surface area contributed by atoms with E-state index in [9.17, 15) is 14.4 Å². The van der Waals surface area contributed by atoms with Gasteiger partial charge >= 0.3 is 5.69 Å². The number of nitrogens with zero attached hydrogens (tertiary/aromatic N) is 5. The first-order chi connectivity index (χ1) is 15.5. The van der Waals surface area contributed by atoms with E-state index in [2.05, 4.69) is 9.97 Å². The quantitative estimate of drug-likeness (QED) is 0.470. The minimum absolute atomic E-state index is 0.0405. The zero-order valence-corrected chi connectivity index (χ0v) is 17.9. The first-order valence-corrected chi connectivity index (χ1v) is 10.3. The number of hydrogen-bond donors (Lipinski definition) is 0. The summed E-state index contributed by atoms with van der Waals surface area (Å²) in [6.45, 7) is 3.65. The van der Waals surface area contributed by atoms with E-state index >= 15 is 0 Å². The molecule has 8 nitrogen and oxygen atoms in total. The summed E-state index contributed by atoms with van der Waals surface area (Å²) in [6.07, 6.45) is 4.72. The smallest absolute Gasteiger partial charge is 0.308 e. The molecular weight excluding hydrogens is 406 g/mol. The number of amides is 1. The highest BCUT2D eigenvalue weighted by Gasteiger charge is 2.22. The van der Waals surface area contributed by atoms with Crippen molar-refractivity contribution in [2.75, 3.05) is 4.90 Å². The zero-order chi connectivity index (χ0) is 22.7. The lowest BCUT2D eigenvalue weighted by molar-refractivity contribution is -0.119. The molecule has 4 rings (SSSR count). The Balaban J connectivity index is 1.82. The van der Waals surface area contributed by atoms with Crippen LogP contribution >= 0.6 is 0 Å². The molecule has 1 amide bonds. The van der Waals surface area contributed by atoms with Gasteiger partial charge in [-0.15, -0.1) is 0 Å². The monoisotopic (exact) mass is 429 g/mol. The Morgan fingerprint density at radius 3 is 2.41 bits per heavy atom. The zero-order valence-electron chi connectivity index (χ0n) is 17.9. The predicted octanol–water partition coefficient (Wildman–Crippen LogP) is 2.44. The van der Waals surface area contributed by atoms with Crippen LogP contribution in [0.25, 0.3) is 11.0 Å². The lowest BCUT2D eigenvalue weighted by atomic mass is 10.2. The van der Waals surface area contributed by atoms with Crippen LogP contribution in [0, 0.1) is 0 Å². The van der Waals surface area contributed by atoms with Gasteiger partial charge in [0.25, 0.3) is 5.56 Å². The molecule has 0 spiro atoms. The maximum absolute atomic E-state index is 13.4. The lowest BCUT2D eigenvalue weighted by Crippen LogP contribution is -2.45. The molecule has 0 N–H and O–H groups in total. The van der Waals surface area contributed by atoms with Crippen LogP contribution in [0.3, 0.4) is 0 Å². The van der Waals surface area contributed by atoms with E-state index in [-0.39, 0.29) is 30.6 Å². The molecule has 0 fully saturated rings. The summed E-state index contributed by atoms with van der Waals surface area (Å²) in [5, 5.41) is 0. The predicted molar refractivity (Wildman–Crippen MR) is 123 cm³/mol. The second kappa shape index (κ2) is 8.97. The molecule has 0 aliphatic rings. The van der Waals surface area contributed by atoms with Crippen LogP contribution in [0.4, 0.5) is 5.69 Å². The van der Waals surface area contributed by atoms with Crippen LogP contribution in [-0.4, -0.2) is 31.1 Å². The van der Waals surface area contributed by atoms with E-state index in [0.29, 0.717) is 11.1 Å². The molecule has 4 aromatic rings. The maximum Gasteiger partial charge on any atom is 0.332 e. The van der Waals surface area contributed by atoms with E-state index in [0.717, 1.165) is 10.3 Å². The standard InChI is InChI=1S/C24H23N5O3/c1-17(2)29(19-9-4-3-5-10-19)21(30)16-27-20-11-7-13-26-22(20)23(31)28(24(27)32)15-18-8-6-12-25-14-18/h3-14,17H,15-16H2,1-2H3. The van der Waals surface area contributed by atoms with E-state index in [1.807, 2.05) is 44.2 Å². The average Bonchev–Trinajstić information content (AvgIpc) is 2.81. The van der Waals surface area contributed by atoms with Gasteiger partial charge in [-0.05, 0) is 49.7 Å². The molecule has 0 aliphatic carbocycles. The molecule has 0 aliphatic heterocycles. The highest BCUT2D eigenvalue weighted by atomic mass is 16.2. The van der Waals surface area contributed by atoms with E-state index in [1.165, 1.54) is 10.8 Å². The summed E-state index contributed by atoms with van der Waals surface area (Å²) < 4.78 is 2.42. The number of carbonyl (C=O) groups excluding carboxylic acids is 1. The summed E-state index contributed by atoms with van der Waals surface area (Å²) in [6, 6.07) is 16.0. The van der Waals surface area contributed by atoms with Crippen molar-refractivity contribution in [1.29, 1.82) is 0 Å². The molecule has 162 valence electrons. The fourth-order valence-corrected chi connectivity index (χ4v) is 3.74. The van der Waals surface area contributed by atoms with Crippen LogP contribution in [-0.2, 0) is 17.9 Å². The Bertz CT molecular complexity index is 1360. The molecule has 0 unspecified atom stereocenters. The van der Waals surface area contributed by atoms with Crippen LogP contribution in [0.1, 0.15) is 19.4 Å². The lowest BCUT2D eigenvalue weighted by Gasteiger charge is -2.27. The van der Waals surface area contributed by atoms with Crippen molar-refractivity contribution >= 4 is 22.6 Å². The Labute approximate surface area is 184 Å². The van der Waals surface area contributed by atoms with Crippen molar-refractivity contribution in [2.45, 2.75) is 33.0 Å². The topological polar surface area (TPSA) is 90.1 Å². The normalized spacial score (nSPS) is 11.1. The van der Waals surface area contributed by atoms with E-state index in [4.69, 9.17) is 0 Å². The van der Waals surface area contributed by atoms with Crippen molar-refractivity contribution < 1.29 is 4.79 Å². The van der Waals surface area contributed by atoms with Gasteiger partial charge in [-0.2, -0.15) is 0 Å². The van der Waals surface area contributed by atoms with Gasteiger partial charge in [-0.3, -0.25) is 23.7 Å². The Hall–Kier alpha value is -4.07. The number of hydrogen-bond acceptors (Lipinski definition) is 5. The SMILES string of the molecule is CC(C)N(C(=O)Cn1c(=O)n(Cc2cccnc2)c(=O)c2ncccc21)c1ccccc1. The van der Waals surface area contributed by atoms with Crippen LogP contribution in [0.15, 0.2) is 82.8 Å². The van der Waals surface area contributed by atoms with E-state index < -0.39 is 11.2 Å². The minimum atomic E-state index is -0.565. The Kier molecular flexibility index (Phi) is 5.93. The van der Waals surface area contributed by atoms with Crippen molar-refractivity contribution in [2.24, 2.45) is 0 Å². The molecule has 3 aromatic heterocycles. The molecule has 0 atom stereocenters. The molecule has 3 heterocycles. The summed E-state index contributed by atoms with van der Waals surface area (Å²) >= 11 is 0. The van der Waals surface area contributed by atoms with Crippen LogP contribution < -0.4 is 16.1 Å². The Morgan fingerprint density at radius 2 is 1.72 bits per heavy atom. The molecule has 0 bridgehead atoms. The van der Waals surface area contributed by atoms with Gasteiger partial charge in [-0.25, -0.2) is 9.78 Å². The number of carbonyl (C=O) groups is 1. The summed E-state index contributed by atoms with van der Waals surface area (Å²) in [7, 11) is 0. The molecule has 32 heavy (non-hydrogen) atoms. The van der Waals surface area contributed by atoms with Gasteiger partial charge in [-0.1, -0.05) is 24.3 Å². The maximum atomic E-state index is 13.4. The molecular formula is C24H23N5O3. The third kappa shape index (κ3) is 4.07. The number of anilines is 1. The largest absolute Gasteiger partial charge is 0.332 e. The number of rotatable bonds is 6. The third-order valence-corrected chi connectivity index (χ3v) is 5.16. The number of fused-ring (bicyclic) bond motifs is 1. The fraction of sp³-hybridized carbons (Fsp3) is 0.208. The van der Waals surface area contributed by atoms with Crippen molar-refractivity contribution in [3.05, 3.63) is 99.6 Å². The second-order valence-corrected chi connectivity index (χ2v) is 7.69. The fourth-order valence-electron chi connectivity index (χ4n) is 3.74.